The van der Waals surface area contributed by atoms with Crippen LogP contribution in [0.15, 0.2) is 12.1 Å². The summed E-state index contributed by atoms with van der Waals surface area (Å²) in [5.41, 5.74) is 1.00. The lowest BCUT2D eigenvalue weighted by Crippen LogP contribution is -2.25. The number of nitrogens with zero attached hydrogens (tertiary/aromatic N) is 3. The quantitative estimate of drug-likeness (QED) is 0.885. The molecule has 1 saturated heterocycles. The average Bonchev–Trinajstić information content (AvgIpc) is 2.66. The zero-order chi connectivity index (χ0) is 13.5. The van der Waals surface area contributed by atoms with Gasteiger partial charge in [-0.2, -0.15) is 5.10 Å². The van der Waals surface area contributed by atoms with Crippen molar-refractivity contribution in [3.8, 4) is 0 Å². The highest BCUT2D eigenvalue weighted by Gasteiger charge is 2.17. The number of hydrogen-bond acceptors (Lipinski definition) is 4. The number of aromatic nitrogens is 2. The molecule has 1 aliphatic heterocycles. The van der Waals surface area contributed by atoms with Gasteiger partial charge in [0, 0.05) is 19.6 Å². The molecule has 0 radical (unpaired) electrons. The summed E-state index contributed by atoms with van der Waals surface area (Å²) >= 11 is 0. The van der Waals surface area contributed by atoms with Crippen molar-refractivity contribution in [1.29, 1.82) is 0 Å². The maximum Gasteiger partial charge on any atom is 0.151 e. The van der Waals surface area contributed by atoms with Gasteiger partial charge < -0.3 is 10.2 Å². The summed E-state index contributed by atoms with van der Waals surface area (Å²) in [6.07, 6.45) is 6.64. The summed E-state index contributed by atoms with van der Waals surface area (Å²) in [5, 5.41) is 11.7. The third-order valence-electron chi connectivity index (χ3n) is 3.93. The molecule has 4 heteroatoms. The zero-order valence-electron chi connectivity index (χ0n) is 12.2. The molecule has 4 nitrogen and oxygen atoms in total. The molecular weight excluding hydrogens is 236 g/mol. The zero-order valence-corrected chi connectivity index (χ0v) is 12.2. The molecule has 1 aromatic heterocycles. The van der Waals surface area contributed by atoms with Crippen LogP contribution >= 0.6 is 0 Å². The van der Waals surface area contributed by atoms with Crippen molar-refractivity contribution in [3.05, 3.63) is 17.8 Å². The first-order valence-corrected chi connectivity index (χ1v) is 7.55. The van der Waals surface area contributed by atoms with E-state index in [1.54, 1.807) is 0 Å². The largest absolute Gasteiger partial charge is 0.355 e. The van der Waals surface area contributed by atoms with Gasteiger partial charge >= 0.3 is 0 Å². The molecule has 0 aromatic carbocycles. The van der Waals surface area contributed by atoms with Crippen molar-refractivity contribution in [1.82, 2.24) is 15.5 Å². The SMILES string of the molecule is CCCC1CCCN(c2ccc(CNC)nn2)CC1. The minimum Gasteiger partial charge on any atom is -0.355 e. The first-order chi connectivity index (χ1) is 9.33. The van der Waals surface area contributed by atoms with Gasteiger partial charge in [0.05, 0.1) is 5.69 Å². The Bertz CT molecular complexity index is 363. The summed E-state index contributed by atoms with van der Waals surface area (Å²) in [6.45, 7) is 5.32. The van der Waals surface area contributed by atoms with E-state index in [0.29, 0.717) is 0 Å². The van der Waals surface area contributed by atoms with Gasteiger partial charge in [0.2, 0.25) is 0 Å². The fraction of sp³-hybridized carbons (Fsp3) is 0.733. The van der Waals surface area contributed by atoms with Crippen LogP contribution in [0, 0.1) is 5.92 Å². The van der Waals surface area contributed by atoms with Crippen LogP contribution in [-0.4, -0.2) is 30.3 Å². The van der Waals surface area contributed by atoms with E-state index in [9.17, 15) is 0 Å². The molecular formula is C15H26N4. The summed E-state index contributed by atoms with van der Waals surface area (Å²) < 4.78 is 0. The molecule has 2 heterocycles. The van der Waals surface area contributed by atoms with Gasteiger partial charge in [0.1, 0.15) is 0 Å². The van der Waals surface area contributed by atoms with Crippen LogP contribution in [0.1, 0.15) is 44.7 Å². The lowest BCUT2D eigenvalue weighted by atomic mass is 9.96. The molecule has 106 valence electrons. The van der Waals surface area contributed by atoms with Crippen LogP contribution in [-0.2, 0) is 6.54 Å². The molecule has 1 atom stereocenters. The van der Waals surface area contributed by atoms with E-state index < -0.39 is 0 Å². The first-order valence-electron chi connectivity index (χ1n) is 7.55. The highest BCUT2D eigenvalue weighted by molar-refractivity contribution is 5.37. The summed E-state index contributed by atoms with van der Waals surface area (Å²) in [5.74, 6) is 1.95. The highest BCUT2D eigenvalue weighted by Crippen LogP contribution is 2.24. The third-order valence-corrected chi connectivity index (χ3v) is 3.93. The van der Waals surface area contributed by atoms with Crippen molar-refractivity contribution in [2.24, 2.45) is 5.92 Å². The van der Waals surface area contributed by atoms with Gasteiger partial charge in [-0.3, -0.25) is 0 Å². The Labute approximate surface area is 116 Å². The molecule has 1 aliphatic rings. The second-order valence-corrected chi connectivity index (χ2v) is 5.49. The van der Waals surface area contributed by atoms with Crippen molar-refractivity contribution in [2.45, 2.75) is 45.6 Å². The van der Waals surface area contributed by atoms with Gasteiger partial charge in [-0.05, 0) is 44.4 Å². The first kappa shape index (κ1) is 14.3. The van der Waals surface area contributed by atoms with E-state index in [2.05, 4.69) is 39.5 Å². The molecule has 0 amide bonds. The Morgan fingerprint density at radius 3 is 2.84 bits per heavy atom. The minimum atomic E-state index is 0.784. The lowest BCUT2D eigenvalue weighted by molar-refractivity contribution is 0.435. The maximum absolute atomic E-state index is 4.37. The smallest absolute Gasteiger partial charge is 0.151 e. The van der Waals surface area contributed by atoms with E-state index in [0.717, 1.165) is 37.1 Å². The minimum absolute atomic E-state index is 0.784. The molecule has 2 rings (SSSR count). The molecule has 0 bridgehead atoms. The van der Waals surface area contributed by atoms with Gasteiger partial charge in [-0.1, -0.05) is 19.8 Å². The Kier molecular flexibility index (Phi) is 5.58. The molecule has 1 unspecified atom stereocenters. The van der Waals surface area contributed by atoms with E-state index in [1.807, 2.05) is 7.05 Å². The Hall–Kier alpha value is -1.16. The third kappa shape index (κ3) is 4.16. The Morgan fingerprint density at radius 2 is 2.16 bits per heavy atom. The second kappa shape index (κ2) is 7.43. The van der Waals surface area contributed by atoms with E-state index in [1.165, 1.54) is 32.1 Å². The van der Waals surface area contributed by atoms with Gasteiger partial charge in [-0.25, -0.2) is 0 Å². The van der Waals surface area contributed by atoms with Crippen LogP contribution < -0.4 is 10.2 Å². The standard InChI is InChI=1S/C15H26N4/c1-3-5-13-6-4-10-19(11-9-13)15-8-7-14(12-16-2)17-18-15/h7-8,13,16H,3-6,9-12H2,1-2H3. The monoisotopic (exact) mass is 262 g/mol. The topological polar surface area (TPSA) is 41.0 Å². The fourth-order valence-corrected chi connectivity index (χ4v) is 2.89. The lowest BCUT2D eigenvalue weighted by Gasteiger charge is -2.21. The highest BCUT2D eigenvalue weighted by atomic mass is 15.3. The molecule has 1 fully saturated rings. The van der Waals surface area contributed by atoms with E-state index >= 15 is 0 Å². The Morgan fingerprint density at radius 1 is 1.26 bits per heavy atom. The van der Waals surface area contributed by atoms with Crippen LogP contribution in [0.25, 0.3) is 0 Å². The van der Waals surface area contributed by atoms with Gasteiger partial charge in [0.15, 0.2) is 5.82 Å². The summed E-state index contributed by atoms with van der Waals surface area (Å²) in [6, 6.07) is 4.19. The van der Waals surface area contributed by atoms with Gasteiger partial charge in [-0.15, -0.1) is 5.10 Å². The molecule has 1 aromatic rings. The molecule has 0 saturated carbocycles. The van der Waals surface area contributed by atoms with Crippen LogP contribution in [0.3, 0.4) is 0 Å². The number of anilines is 1. The summed E-state index contributed by atoms with van der Waals surface area (Å²) in [7, 11) is 1.93. The molecule has 19 heavy (non-hydrogen) atoms. The van der Waals surface area contributed by atoms with E-state index in [-0.39, 0.29) is 0 Å². The normalized spacial score (nSPS) is 20.3. The molecule has 0 spiro atoms. The van der Waals surface area contributed by atoms with Crippen LogP contribution in [0.5, 0.6) is 0 Å². The Balaban J connectivity index is 1.93. The van der Waals surface area contributed by atoms with Crippen molar-refractivity contribution < 1.29 is 0 Å². The fourth-order valence-electron chi connectivity index (χ4n) is 2.89. The predicted molar refractivity (Wildman–Crippen MR) is 79.3 cm³/mol. The average molecular weight is 262 g/mol. The van der Waals surface area contributed by atoms with E-state index in [4.69, 9.17) is 0 Å². The van der Waals surface area contributed by atoms with Crippen molar-refractivity contribution >= 4 is 5.82 Å². The van der Waals surface area contributed by atoms with Crippen LogP contribution in [0.2, 0.25) is 0 Å². The van der Waals surface area contributed by atoms with Crippen molar-refractivity contribution in [2.75, 3.05) is 25.0 Å². The predicted octanol–water partition coefficient (Wildman–Crippen LogP) is 2.60. The number of hydrogen-bond donors (Lipinski definition) is 1. The summed E-state index contributed by atoms with van der Waals surface area (Å²) in [4.78, 5) is 2.39. The maximum atomic E-state index is 4.37. The van der Waals surface area contributed by atoms with Crippen LogP contribution in [0.4, 0.5) is 5.82 Å². The number of nitrogens with one attached hydrogen (secondary N) is 1. The second-order valence-electron chi connectivity index (χ2n) is 5.49. The van der Waals surface area contributed by atoms with Gasteiger partial charge in [0.25, 0.3) is 0 Å². The molecule has 0 aliphatic carbocycles. The van der Waals surface area contributed by atoms with Crippen molar-refractivity contribution in [3.63, 3.8) is 0 Å². The number of rotatable bonds is 5. The molecule has 1 N–H and O–H groups in total.